The summed E-state index contributed by atoms with van der Waals surface area (Å²) < 4.78 is 5.03. The quantitative estimate of drug-likeness (QED) is 0.777. The molecule has 1 saturated heterocycles. The van der Waals surface area contributed by atoms with Crippen LogP contribution in [0.4, 0.5) is 0 Å². The molecule has 0 bridgehead atoms. The number of hydrogen-bond acceptors (Lipinski definition) is 3. The van der Waals surface area contributed by atoms with Crippen LogP contribution in [-0.4, -0.2) is 48.7 Å². The Morgan fingerprint density at radius 1 is 1.35 bits per heavy atom. The maximum Gasteiger partial charge on any atom is 0.313 e. The molecule has 0 aromatic carbocycles. The van der Waals surface area contributed by atoms with Crippen LogP contribution in [-0.2, 0) is 14.3 Å². The molecular formula is C15H27NO4. The van der Waals surface area contributed by atoms with E-state index in [1.54, 1.807) is 4.90 Å². The van der Waals surface area contributed by atoms with Gasteiger partial charge in [-0.25, -0.2) is 0 Å². The molecule has 0 aromatic rings. The number of carboxylic acid groups (broad SMARTS) is 1. The highest BCUT2D eigenvalue weighted by atomic mass is 16.5. The lowest BCUT2D eigenvalue weighted by Gasteiger charge is -2.24. The van der Waals surface area contributed by atoms with E-state index >= 15 is 0 Å². The summed E-state index contributed by atoms with van der Waals surface area (Å²) in [6, 6.07) is 0. The topological polar surface area (TPSA) is 66.8 Å². The summed E-state index contributed by atoms with van der Waals surface area (Å²) in [6.45, 7) is 7.31. The fourth-order valence-electron chi connectivity index (χ4n) is 3.03. The largest absolute Gasteiger partial charge is 0.481 e. The standard InChI is InChI=1S/C15H27NO4/c1-11(2)7-12(3)8-13(17)16-6-5-15(9-16,10-20-4)14(18)19/h11-12H,5-10H2,1-4H3,(H,18,19). The van der Waals surface area contributed by atoms with Gasteiger partial charge in [0.15, 0.2) is 0 Å². The summed E-state index contributed by atoms with van der Waals surface area (Å²) in [5.41, 5.74) is -0.925. The van der Waals surface area contributed by atoms with Gasteiger partial charge in [0, 0.05) is 26.6 Å². The third-order valence-corrected chi connectivity index (χ3v) is 3.98. The number of rotatable bonds is 7. The Bertz CT molecular complexity index is 356. The Balaban J connectivity index is 2.58. The van der Waals surface area contributed by atoms with E-state index in [9.17, 15) is 14.7 Å². The fourth-order valence-corrected chi connectivity index (χ4v) is 3.03. The first-order chi connectivity index (χ1) is 9.30. The molecule has 0 aliphatic carbocycles. The molecule has 0 saturated carbocycles. The van der Waals surface area contributed by atoms with Gasteiger partial charge in [-0.3, -0.25) is 9.59 Å². The van der Waals surface area contributed by atoms with Gasteiger partial charge in [-0.15, -0.1) is 0 Å². The van der Waals surface area contributed by atoms with Crippen molar-refractivity contribution in [3.8, 4) is 0 Å². The summed E-state index contributed by atoms with van der Waals surface area (Å²) in [4.78, 5) is 25.4. The van der Waals surface area contributed by atoms with Gasteiger partial charge in [-0.1, -0.05) is 20.8 Å². The number of nitrogens with zero attached hydrogens (tertiary/aromatic N) is 1. The zero-order valence-electron chi connectivity index (χ0n) is 13.0. The molecule has 1 amide bonds. The van der Waals surface area contributed by atoms with Crippen LogP contribution in [0.25, 0.3) is 0 Å². The van der Waals surface area contributed by atoms with Crippen molar-refractivity contribution in [3.63, 3.8) is 0 Å². The molecule has 2 atom stereocenters. The maximum atomic E-state index is 12.2. The molecule has 0 aromatic heterocycles. The van der Waals surface area contributed by atoms with Crippen molar-refractivity contribution in [1.82, 2.24) is 4.90 Å². The van der Waals surface area contributed by atoms with Gasteiger partial charge < -0.3 is 14.7 Å². The van der Waals surface area contributed by atoms with Crippen molar-refractivity contribution < 1.29 is 19.4 Å². The highest BCUT2D eigenvalue weighted by Gasteiger charge is 2.46. The van der Waals surface area contributed by atoms with Gasteiger partial charge in [-0.2, -0.15) is 0 Å². The van der Waals surface area contributed by atoms with Gasteiger partial charge in [0.1, 0.15) is 5.41 Å². The first-order valence-corrected chi connectivity index (χ1v) is 7.31. The summed E-state index contributed by atoms with van der Waals surface area (Å²) in [5, 5.41) is 9.38. The van der Waals surface area contributed by atoms with Crippen LogP contribution in [0.5, 0.6) is 0 Å². The van der Waals surface area contributed by atoms with Crippen molar-refractivity contribution in [2.24, 2.45) is 17.3 Å². The second-order valence-electron chi connectivity index (χ2n) is 6.52. The number of aliphatic carboxylic acids is 1. The molecule has 5 nitrogen and oxygen atoms in total. The lowest BCUT2D eigenvalue weighted by atomic mass is 9.88. The molecule has 1 fully saturated rings. The second-order valence-corrected chi connectivity index (χ2v) is 6.52. The minimum Gasteiger partial charge on any atom is -0.481 e. The molecule has 116 valence electrons. The van der Waals surface area contributed by atoms with Crippen LogP contribution >= 0.6 is 0 Å². The number of hydrogen-bond donors (Lipinski definition) is 1. The predicted octanol–water partition coefficient (Wildman–Crippen LogP) is 2.01. The van der Waals surface area contributed by atoms with Crippen molar-refractivity contribution in [2.45, 2.75) is 40.0 Å². The van der Waals surface area contributed by atoms with E-state index in [4.69, 9.17) is 4.74 Å². The second kappa shape index (κ2) is 7.07. The number of carboxylic acids is 1. The normalized spacial score (nSPS) is 24.1. The molecule has 1 rings (SSSR count). The Kier molecular flexibility index (Phi) is 5.99. The zero-order chi connectivity index (χ0) is 15.3. The fraction of sp³-hybridized carbons (Fsp3) is 0.867. The molecular weight excluding hydrogens is 258 g/mol. The number of carbonyl (C=O) groups excluding carboxylic acids is 1. The van der Waals surface area contributed by atoms with E-state index in [1.807, 2.05) is 0 Å². The van der Waals surface area contributed by atoms with Gasteiger partial charge in [0.2, 0.25) is 5.91 Å². The van der Waals surface area contributed by atoms with Gasteiger partial charge in [0.05, 0.1) is 6.61 Å². The Morgan fingerprint density at radius 2 is 2.00 bits per heavy atom. The van der Waals surface area contributed by atoms with Crippen LogP contribution in [0.3, 0.4) is 0 Å². The van der Waals surface area contributed by atoms with Gasteiger partial charge in [-0.05, 0) is 24.7 Å². The molecule has 5 heteroatoms. The highest BCUT2D eigenvalue weighted by Crippen LogP contribution is 2.32. The lowest BCUT2D eigenvalue weighted by molar-refractivity contribution is -0.151. The average Bonchev–Trinajstić information content (AvgIpc) is 2.74. The van der Waals surface area contributed by atoms with Crippen LogP contribution in [0.15, 0.2) is 0 Å². The first-order valence-electron chi connectivity index (χ1n) is 7.31. The lowest BCUT2D eigenvalue weighted by Crippen LogP contribution is -2.40. The molecule has 1 aliphatic heterocycles. The number of methoxy groups -OCH3 is 1. The van der Waals surface area contributed by atoms with E-state index in [2.05, 4.69) is 20.8 Å². The van der Waals surface area contributed by atoms with Crippen molar-refractivity contribution in [3.05, 3.63) is 0 Å². The maximum absolute atomic E-state index is 12.2. The Morgan fingerprint density at radius 3 is 2.50 bits per heavy atom. The Labute approximate surface area is 121 Å². The summed E-state index contributed by atoms with van der Waals surface area (Å²) in [7, 11) is 1.50. The van der Waals surface area contributed by atoms with Crippen LogP contribution in [0.1, 0.15) is 40.0 Å². The molecule has 0 spiro atoms. The number of amides is 1. The molecule has 1 heterocycles. The summed E-state index contributed by atoms with van der Waals surface area (Å²) in [6.07, 6.45) is 1.99. The molecule has 20 heavy (non-hydrogen) atoms. The first kappa shape index (κ1) is 17.0. The summed E-state index contributed by atoms with van der Waals surface area (Å²) in [5.74, 6) is 0.106. The van der Waals surface area contributed by atoms with E-state index in [0.29, 0.717) is 31.2 Å². The molecule has 1 aliphatic rings. The van der Waals surface area contributed by atoms with E-state index in [1.165, 1.54) is 7.11 Å². The number of ether oxygens (including phenoxy) is 1. The van der Waals surface area contributed by atoms with E-state index in [0.717, 1.165) is 6.42 Å². The minimum atomic E-state index is -0.925. The molecule has 2 unspecified atom stereocenters. The molecule has 1 N–H and O–H groups in total. The smallest absolute Gasteiger partial charge is 0.313 e. The van der Waals surface area contributed by atoms with E-state index < -0.39 is 11.4 Å². The number of likely N-dealkylation sites (tertiary alicyclic amines) is 1. The van der Waals surface area contributed by atoms with Crippen LogP contribution < -0.4 is 0 Å². The third-order valence-electron chi connectivity index (χ3n) is 3.98. The monoisotopic (exact) mass is 285 g/mol. The van der Waals surface area contributed by atoms with E-state index in [-0.39, 0.29) is 19.1 Å². The van der Waals surface area contributed by atoms with Gasteiger partial charge >= 0.3 is 5.97 Å². The zero-order valence-corrected chi connectivity index (χ0v) is 13.0. The average molecular weight is 285 g/mol. The van der Waals surface area contributed by atoms with Crippen molar-refractivity contribution in [2.75, 3.05) is 26.8 Å². The van der Waals surface area contributed by atoms with Crippen molar-refractivity contribution >= 4 is 11.9 Å². The predicted molar refractivity (Wildman–Crippen MR) is 76.4 cm³/mol. The van der Waals surface area contributed by atoms with Crippen molar-refractivity contribution in [1.29, 1.82) is 0 Å². The number of carbonyl (C=O) groups is 2. The Hall–Kier alpha value is -1.10. The highest BCUT2D eigenvalue weighted by molar-refractivity contribution is 5.80. The van der Waals surface area contributed by atoms with Crippen LogP contribution in [0.2, 0.25) is 0 Å². The SMILES string of the molecule is COCC1(C(=O)O)CCN(C(=O)CC(C)CC(C)C)C1. The minimum absolute atomic E-state index is 0.0670. The van der Waals surface area contributed by atoms with Gasteiger partial charge in [0.25, 0.3) is 0 Å². The van der Waals surface area contributed by atoms with Crippen LogP contribution in [0, 0.1) is 17.3 Å². The summed E-state index contributed by atoms with van der Waals surface area (Å²) >= 11 is 0. The third kappa shape index (κ3) is 4.20. The molecule has 0 radical (unpaired) electrons.